The number of aryl methyl sites for hydroxylation is 2. The summed E-state index contributed by atoms with van der Waals surface area (Å²) in [6.45, 7) is 9.00. The Morgan fingerprint density at radius 2 is 1.42 bits per heavy atom. The van der Waals surface area contributed by atoms with E-state index in [1.807, 2.05) is 64.1 Å². The summed E-state index contributed by atoms with van der Waals surface area (Å²) >= 11 is 0. The topological polar surface area (TPSA) is 86.8 Å². The van der Waals surface area contributed by atoms with Gasteiger partial charge in [0.05, 0.1) is 10.6 Å². The quantitative estimate of drug-likeness (QED) is 0.386. The van der Waals surface area contributed by atoms with Gasteiger partial charge in [-0.1, -0.05) is 67.6 Å². The molecule has 0 unspecified atom stereocenters. The van der Waals surface area contributed by atoms with E-state index in [-0.39, 0.29) is 23.4 Å². The van der Waals surface area contributed by atoms with Crippen molar-refractivity contribution < 1.29 is 18.0 Å². The van der Waals surface area contributed by atoms with Crippen LogP contribution in [-0.2, 0) is 32.6 Å². The summed E-state index contributed by atoms with van der Waals surface area (Å²) < 4.78 is 29.0. The lowest BCUT2D eigenvalue weighted by Gasteiger charge is -2.33. The van der Waals surface area contributed by atoms with E-state index in [0.717, 1.165) is 16.7 Å². The highest BCUT2D eigenvalue weighted by Crippen LogP contribution is 2.28. The predicted molar refractivity (Wildman–Crippen MR) is 151 cm³/mol. The molecule has 202 valence electrons. The predicted octanol–water partition coefficient (Wildman–Crippen LogP) is 4.69. The Balaban J connectivity index is 2.07. The molecule has 2 amide bonds. The van der Waals surface area contributed by atoms with E-state index < -0.39 is 28.5 Å². The molecule has 0 heterocycles. The third-order valence-corrected chi connectivity index (χ3v) is 8.23. The molecule has 0 bridgehead atoms. The maximum absolute atomic E-state index is 14.0. The average molecular weight is 536 g/mol. The summed E-state index contributed by atoms with van der Waals surface area (Å²) in [7, 11) is -4.08. The normalized spacial score (nSPS) is 12.2. The van der Waals surface area contributed by atoms with E-state index in [9.17, 15) is 18.0 Å². The monoisotopic (exact) mass is 535 g/mol. The van der Waals surface area contributed by atoms with Gasteiger partial charge in [0.25, 0.3) is 10.0 Å². The van der Waals surface area contributed by atoms with E-state index in [1.165, 1.54) is 21.3 Å². The second kappa shape index (κ2) is 12.7. The number of sulfonamides is 1. The van der Waals surface area contributed by atoms with E-state index in [4.69, 9.17) is 0 Å². The summed E-state index contributed by atoms with van der Waals surface area (Å²) in [4.78, 5) is 28.6. The van der Waals surface area contributed by atoms with Gasteiger partial charge in [0.15, 0.2) is 0 Å². The third kappa shape index (κ3) is 6.81. The molecule has 0 aliphatic heterocycles. The zero-order valence-electron chi connectivity index (χ0n) is 22.7. The first-order chi connectivity index (χ1) is 18.1. The molecule has 1 N–H and O–H groups in total. The lowest BCUT2D eigenvalue weighted by Crippen LogP contribution is -2.52. The van der Waals surface area contributed by atoms with Crippen molar-refractivity contribution in [2.24, 2.45) is 0 Å². The van der Waals surface area contributed by atoms with E-state index in [1.54, 1.807) is 37.3 Å². The molecule has 3 rings (SSSR count). The number of nitrogens with one attached hydrogen (secondary N) is 1. The van der Waals surface area contributed by atoms with Crippen molar-refractivity contribution in [1.82, 2.24) is 10.2 Å². The molecule has 8 heteroatoms. The highest BCUT2D eigenvalue weighted by Gasteiger charge is 2.33. The Morgan fingerprint density at radius 3 is 2.03 bits per heavy atom. The fourth-order valence-corrected chi connectivity index (χ4v) is 5.72. The molecule has 0 aliphatic carbocycles. The Labute approximate surface area is 226 Å². The van der Waals surface area contributed by atoms with Crippen LogP contribution in [0.5, 0.6) is 0 Å². The minimum absolute atomic E-state index is 0.0924. The summed E-state index contributed by atoms with van der Waals surface area (Å²) in [6.07, 6.45) is 0.589. The van der Waals surface area contributed by atoms with E-state index >= 15 is 0 Å². The molecule has 3 aromatic rings. The molecule has 0 saturated carbocycles. The summed E-state index contributed by atoms with van der Waals surface area (Å²) in [6, 6.07) is 22.0. The smallest absolute Gasteiger partial charge is 0.264 e. The Kier molecular flexibility index (Phi) is 9.69. The summed E-state index contributed by atoms with van der Waals surface area (Å²) in [5.41, 5.74) is 3.11. The number of benzene rings is 3. The van der Waals surface area contributed by atoms with Gasteiger partial charge in [-0.05, 0) is 69.0 Å². The third-order valence-electron chi connectivity index (χ3n) is 6.45. The van der Waals surface area contributed by atoms with Gasteiger partial charge in [-0.2, -0.15) is 0 Å². The summed E-state index contributed by atoms with van der Waals surface area (Å²) in [5, 5.41) is 2.87. The van der Waals surface area contributed by atoms with Gasteiger partial charge in [0.1, 0.15) is 12.6 Å². The number of carbonyl (C=O) groups is 2. The molecule has 0 aromatic heterocycles. The van der Waals surface area contributed by atoms with Gasteiger partial charge in [-0.25, -0.2) is 8.42 Å². The average Bonchev–Trinajstić information content (AvgIpc) is 2.90. The Bertz CT molecular complexity index is 1360. The maximum Gasteiger partial charge on any atom is 0.264 e. The van der Waals surface area contributed by atoms with Crippen molar-refractivity contribution in [3.63, 3.8) is 0 Å². The molecule has 0 saturated heterocycles. The van der Waals surface area contributed by atoms with Crippen LogP contribution in [0.3, 0.4) is 0 Å². The lowest BCUT2D eigenvalue weighted by atomic mass is 10.1. The van der Waals surface area contributed by atoms with Crippen LogP contribution >= 0.6 is 0 Å². The van der Waals surface area contributed by atoms with Crippen molar-refractivity contribution in [2.45, 2.75) is 64.6 Å². The maximum atomic E-state index is 14.0. The summed E-state index contributed by atoms with van der Waals surface area (Å²) in [5.74, 6) is -0.765. The van der Waals surface area contributed by atoms with Crippen LogP contribution in [0.25, 0.3) is 0 Å². The fraction of sp³-hybridized carbons (Fsp3) is 0.333. The van der Waals surface area contributed by atoms with Crippen molar-refractivity contribution in [3.8, 4) is 0 Å². The zero-order chi connectivity index (χ0) is 27.9. The molecular formula is C30H37N3O4S. The minimum atomic E-state index is -4.08. The number of rotatable bonds is 11. The SMILES string of the molecule is CCc1ccccc1N(CC(=O)N(Cc1ccccc1C)[C@@H](C)C(=O)NC(C)C)S(=O)(=O)c1ccccc1. The van der Waals surface area contributed by atoms with Gasteiger partial charge in [0, 0.05) is 12.6 Å². The molecule has 1 atom stereocenters. The number of hydrogen-bond donors (Lipinski definition) is 1. The number of hydrogen-bond acceptors (Lipinski definition) is 4. The second-order valence-electron chi connectivity index (χ2n) is 9.59. The highest BCUT2D eigenvalue weighted by atomic mass is 32.2. The van der Waals surface area contributed by atoms with Crippen LogP contribution in [-0.4, -0.2) is 43.8 Å². The lowest BCUT2D eigenvalue weighted by molar-refractivity contribution is -0.139. The number of nitrogens with zero attached hydrogens (tertiary/aromatic N) is 2. The van der Waals surface area contributed by atoms with Crippen molar-refractivity contribution in [2.75, 3.05) is 10.8 Å². The van der Waals surface area contributed by atoms with Crippen LogP contribution in [0.2, 0.25) is 0 Å². The molecule has 7 nitrogen and oxygen atoms in total. The molecular weight excluding hydrogens is 498 g/mol. The first-order valence-electron chi connectivity index (χ1n) is 12.9. The molecule has 38 heavy (non-hydrogen) atoms. The number of carbonyl (C=O) groups excluding carboxylic acids is 2. The zero-order valence-corrected chi connectivity index (χ0v) is 23.5. The van der Waals surface area contributed by atoms with Crippen LogP contribution in [0.1, 0.15) is 44.4 Å². The van der Waals surface area contributed by atoms with Crippen LogP contribution < -0.4 is 9.62 Å². The van der Waals surface area contributed by atoms with Crippen molar-refractivity contribution in [3.05, 3.63) is 95.6 Å². The molecule has 3 aromatic carbocycles. The van der Waals surface area contributed by atoms with E-state index in [2.05, 4.69) is 5.32 Å². The van der Waals surface area contributed by atoms with Crippen LogP contribution in [0.4, 0.5) is 5.69 Å². The number of para-hydroxylation sites is 1. The number of anilines is 1. The molecule has 0 spiro atoms. The molecule has 0 fully saturated rings. The van der Waals surface area contributed by atoms with Crippen LogP contribution in [0.15, 0.2) is 83.8 Å². The highest BCUT2D eigenvalue weighted by molar-refractivity contribution is 7.92. The Morgan fingerprint density at radius 1 is 0.842 bits per heavy atom. The fourth-order valence-electron chi connectivity index (χ4n) is 4.24. The Hall–Kier alpha value is -3.65. The molecule has 0 aliphatic rings. The standard InChI is InChI=1S/C30H37N3O4S/c1-6-25-15-12-13-19-28(25)33(38(36,37)27-17-8-7-9-18-27)21-29(34)32(24(5)30(35)31-22(2)3)20-26-16-11-10-14-23(26)4/h7-19,22,24H,6,20-21H2,1-5H3,(H,31,35)/t24-/m0/s1. The van der Waals surface area contributed by atoms with Crippen molar-refractivity contribution >= 4 is 27.5 Å². The minimum Gasteiger partial charge on any atom is -0.352 e. The van der Waals surface area contributed by atoms with Gasteiger partial charge in [-0.3, -0.25) is 13.9 Å². The number of amides is 2. The second-order valence-corrected chi connectivity index (χ2v) is 11.5. The van der Waals surface area contributed by atoms with E-state index in [0.29, 0.717) is 12.1 Å². The first kappa shape index (κ1) is 28.9. The van der Waals surface area contributed by atoms with Gasteiger partial charge in [0.2, 0.25) is 11.8 Å². The largest absolute Gasteiger partial charge is 0.352 e. The van der Waals surface area contributed by atoms with Gasteiger partial charge >= 0.3 is 0 Å². The van der Waals surface area contributed by atoms with Crippen LogP contribution in [0, 0.1) is 6.92 Å². The molecule has 0 radical (unpaired) electrons. The van der Waals surface area contributed by atoms with Gasteiger partial charge < -0.3 is 10.2 Å². The first-order valence-corrected chi connectivity index (χ1v) is 14.3. The van der Waals surface area contributed by atoms with Gasteiger partial charge in [-0.15, -0.1) is 0 Å². The van der Waals surface area contributed by atoms with Crippen molar-refractivity contribution in [1.29, 1.82) is 0 Å².